The van der Waals surface area contributed by atoms with Crippen LogP contribution in [0.1, 0.15) is 23.6 Å². The highest BCUT2D eigenvalue weighted by atomic mass is 35.5. The van der Waals surface area contributed by atoms with E-state index < -0.39 is 16.3 Å². The number of nitrogens with one attached hydrogen (secondary N) is 1. The molecule has 3 rings (SSSR count). The number of alkyl halides is 2. The quantitative estimate of drug-likeness (QED) is 0.831. The molecule has 1 aliphatic rings. The Morgan fingerprint density at radius 1 is 1.14 bits per heavy atom. The molecular formula is C17H14Cl2FNO. The van der Waals surface area contributed by atoms with Crippen molar-refractivity contribution in [2.24, 2.45) is 5.92 Å². The summed E-state index contributed by atoms with van der Waals surface area (Å²) in [5, 5.41) is 2.92. The molecule has 0 aromatic heterocycles. The smallest absolute Gasteiger partial charge is 0.227 e. The third kappa shape index (κ3) is 3.26. The van der Waals surface area contributed by atoms with E-state index in [9.17, 15) is 9.18 Å². The molecule has 22 heavy (non-hydrogen) atoms. The predicted molar refractivity (Wildman–Crippen MR) is 85.4 cm³/mol. The second-order valence-electron chi connectivity index (χ2n) is 5.43. The van der Waals surface area contributed by atoms with Crippen LogP contribution in [0.25, 0.3) is 0 Å². The first kappa shape index (κ1) is 15.3. The first-order valence-electron chi connectivity index (χ1n) is 6.96. The van der Waals surface area contributed by atoms with E-state index in [0.29, 0.717) is 12.0 Å². The van der Waals surface area contributed by atoms with E-state index in [1.165, 1.54) is 12.1 Å². The molecule has 1 fully saturated rings. The van der Waals surface area contributed by atoms with Crippen molar-refractivity contribution in [2.45, 2.75) is 16.8 Å². The second-order valence-corrected chi connectivity index (χ2v) is 6.97. The molecule has 2 aromatic rings. The summed E-state index contributed by atoms with van der Waals surface area (Å²) >= 11 is 11.9. The van der Waals surface area contributed by atoms with Crippen molar-refractivity contribution in [1.82, 2.24) is 5.32 Å². The normalized spacial score (nSPS) is 20.2. The Bertz CT molecular complexity index is 690. The van der Waals surface area contributed by atoms with Gasteiger partial charge < -0.3 is 5.32 Å². The summed E-state index contributed by atoms with van der Waals surface area (Å²) in [6.45, 7) is 0. The maximum absolute atomic E-state index is 13.5. The minimum absolute atomic E-state index is 0.219. The van der Waals surface area contributed by atoms with Crippen molar-refractivity contribution in [3.63, 3.8) is 0 Å². The lowest BCUT2D eigenvalue weighted by Crippen LogP contribution is -2.31. The summed E-state index contributed by atoms with van der Waals surface area (Å²) in [7, 11) is 0. The summed E-state index contributed by atoms with van der Waals surface area (Å²) in [5.74, 6) is -0.984. The molecule has 2 aromatic carbocycles. The third-order valence-electron chi connectivity index (χ3n) is 3.74. The monoisotopic (exact) mass is 337 g/mol. The molecule has 0 bridgehead atoms. The zero-order chi connectivity index (χ0) is 15.7. The summed E-state index contributed by atoms with van der Waals surface area (Å²) in [5.41, 5.74) is 1.55. The van der Waals surface area contributed by atoms with Crippen LogP contribution < -0.4 is 5.32 Å². The van der Waals surface area contributed by atoms with Gasteiger partial charge in [-0.2, -0.15) is 0 Å². The molecular weight excluding hydrogens is 324 g/mol. The maximum Gasteiger partial charge on any atom is 0.227 e. The van der Waals surface area contributed by atoms with Crippen molar-refractivity contribution >= 4 is 29.1 Å². The summed E-state index contributed by atoms with van der Waals surface area (Å²) in [6.07, 6.45) is 0.437. The lowest BCUT2D eigenvalue weighted by atomic mass is 9.98. The topological polar surface area (TPSA) is 29.1 Å². The Labute approximate surface area is 138 Å². The fourth-order valence-electron chi connectivity index (χ4n) is 2.43. The Morgan fingerprint density at radius 2 is 1.77 bits per heavy atom. The largest absolute Gasteiger partial charge is 0.345 e. The number of hydrogen-bond donors (Lipinski definition) is 1. The molecule has 1 aliphatic carbocycles. The van der Waals surface area contributed by atoms with Gasteiger partial charge in [-0.15, -0.1) is 23.2 Å². The molecule has 2 atom stereocenters. The number of carbonyl (C=O) groups is 1. The second kappa shape index (κ2) is 5.90. The Kier molecular flexibility index (Phi) is 4.11. The average molecular weight is 338 g/mol. The van der Waals surface area contributed by atoms with Gasteiger partial charge >= 0.3 is 0 Å². The Hall–Kier alpha value is -1.58. The highest BCUT2D eigenvalue weighted by Crippen LogP contribution is 2.53. The van der Waals surface area contributed by atoms with Gasteiger partial charge in [-0.05, 0) is 29.7 Å². The number of rotatable bonds is 4. The minimum atomic E-state index is -0.979. The van der Waals surface area contributed by atoms with Crippen LogP contribution >= 0.6 is 23.2 Å². The van der Waals surface area contributed by atoms with Crippen LogP contribution in [0, 0.1) is 11.7 Å². The lowest BCUT2D eigenvalue weighted by Gasteiger charge is -2.20. The fourth-order valence-corrected chi connectivity index (χ4v) is 2.94. The summed E-state index contributed by atoms with van der Waals surface area (Å²) in [6, 6.07) is 15.2. The van der Waals surface area contributed by atoms with Crippen LogP contribution in [0.4, 0.5) is 4.39 Å². The molecule has 0 aliphatic heterocycles. The summed E-state index contributed by atoms with van der Waals surface area (Å²) in [4.78, 5) is 12.3. The predicted octanol–water partition coefficient (Wildman–Crippen LogP) is 4.23. The highest BCUT2D eigenvalue weighted by Gasteiger charge is 2.56. The molecule has 1 amide bonds. The zero-order valence-corrected chi connectivity index (χ0v) is 13.1. The van der Waals surface area contributed by atoms with E-state index in [1.54, 1.807) is 12.1 Å². The highest BCUT2D eigenvalue weighted by molar-refractivity contribution is 6.52. The molecule has 5 heteroatoms. The molecule has 2 nitrogen and oxygen atoms in total. The van der Waals surface area contributed by atoms with Gasteiger partial charge in [0, 0.05) is 0 Å². The van der Waals surface area contributed by atoms with Gasteiger partial charge in [-0.25, -0.2) is 4.39 Å². The fraction of sp³-hybridized carbons (Fsp3) is 0.235. The maximum atomic E-state index is 13.5. The Balaban J connectivity index is 1.89. The van der Waals surface area contributed by atoms with Crippen molar-refractivity contribution in [3.8, 4) is 0 Å². The summed E-state index contributed by atoms with van der Waals surface area (Å²) < 4.78 is 12.5. The van der Waals surface area contributed by atoms with Gasteiger partial charge in [0.25, 0.3) is 0 Å². The van der Waals surface area contributed by atoms with Gasteiger partial charge in [-0.3, -0.25) is 4.79 Å². The zero-order valence-electron chi connectivity index (χ0n) is 11.6. The molecule has 1 N–H and O–H groups in total. The SMILES string of the molecule is O=C(NC(c1ccccc1)c1cccc(F)c1)C1CC1(Cl)Cl. The van der Waals surface area contributed by atoms with Gasteiger partial charge in [0.05, 0.1) is 12.0 Å². The van der Waals surface area contributed by atoms with E-state index in [-0.39, 0.29) is 11.7 Å². The van der Waals surface area contributed by atoms with Crippen LogP contribution in [-0.4, -0.2) is 10.2 Å². The first-order valence-corrected chi connectivity index (χ1v) is 7.71. The molecule has 0 heterocycles. The Morgan fingerprint density at radius 3 is 2.36 bits per heavy atom. The van der Waals surface area contributed by atoms with Gasteiger partial charge in [0.2, 0.25) is 5.91 Å². The van der Waals surface area contributed by atoms with E-state index in [4.69, 9.17) is 23.2 Å². The number of carbonyl (C=O) groups excluding carboxylic acids is 1. The number of benzene rings is 2. The van der Waals surface area contributed by atoms with Crippen molar-refractivity contribution in [2.75, 3.05) is 0 Å². The number of hydrogen-bond acceptors (Lipinski definition) is 1. The van der Waals surface area contributed by atoms with Crippen molar-refractivity contribution in [1.29, 1.82) is 0 Å². The van der Waals surface area contributed by atoms with E-state index in [1.807, 2.05) is 30.3 Å². The number of halogens is 3. The van der Waals surface area contributed by atoms with Crippen LogP contribution in [0.2, 0.25) is 0 Å². The van der Waals surface area contributed by atoms with Crippen LogP contribution in [0.3, 0.4) is 0 Å². The van der Waals surface area contributed by atoms with Crippen LogP contribution in [0.15, 0.2) is 54.6 Å². The van der Waals surface area contributed by atoms with Gasteiger partial charge in [-0.1, -0.05) is 42.5 Å². The van der Waals surface area contributed by atoms with Gasteiger partial charge in [0.15, 0.2) is 0 Å². The first-order chi connectivity index (χ1) is 10.5. The molecule has 0 radical (unpaired) electrons. The van der Waals surface area contributed by atoms with E-state index in [2.05, 4.69) is 5.32 Å². The number of amides is 1. The van der Waals surface area contributed by atoms with E-state index in [0.717, 1.165) is 5.56 Å². The third-order valence-corrected chi connectivity index (χ3v) is 4.58. The minimum Gasteiger partial charge on any atom is -0.345 e. The van der Waals surface area contributed by atoms with E-state index >= 15 is 0 Å². The van der Waals surface area contributed by atoms with Gasteiger partial charge in [0.1, 0.15) is 10.2 Å². The molecule has 2 unspecified atom stereocenters. The average Bonchev–Trinajstić information content (AvgIpc) is 3.14. The van der Waals surface area contributed by atoms with Crippen molar-refractivity contribution < 1.29 is 9.18 Å². The van der Waals surface area contributed by atoms with Crippen LogP contribution in [-0.2, 0) is 4.79 Å². The van der Waals surface area contributed by atoms with Crippen molar-refractivity contribution in [3.05, 3.63) is 71.5 Å². The molecule has 1 saturated carbocycles. The van der Waals surface area contributed by atoms with Crippen LogP contribution in [0.5, 0.6) is 0 Å². The molecule has 114 valence electrons. The lowest BCUT2D eigenvalue weighted by molar-refractivity contribution is -0.122. The molecule has 0 saturated heterocycles. The molecule has 0 spiro atoms. The standard InChI is InChI=1S/C17H14Cl2FNO/c18-17(19)10-14(17)16(22)21-15(11-5-2-1-3-6-11)12-7-4-8-13(20)9-12/h1-9,14-15H,10H2,(H,21,22).